The largest absolute Gasteiger partial charge is 0.399 e. The van der Waals surface area contributed by atoms with Crippen LogP contribution >= 0.6 is 0 Å². The predicted molar refractivity (Wildman–Crippen MR) is 246 cm³/mol. The number of benzene rings is 4. The number of rotatable bonds is 25. The molecule has 4 aromatic rings. The van der Waals surface area contributed by atoms with Crippen LogP contribution in [0.4, 0.5) is 11.4 Å². The number of unbranched alkanes of at least 4 members (excludes halogenated alkanes) is 9. The fourth-order valence-electron chi connectivity index (χ4n) is 9.94. The minimum atomic E-state index is 0.402. The molecule has 1 aliphatic rings. The molecule has 0 bridgehead atoms. The molecule has 0 spiro atoms. The highest BCUT2D eigenvalue weighted by atomic mass is 14.5. The second-order valence-electron chi connectivity index (χ2n) is 17.6. The lowest BCUT2D eigenvalue weighted by Crippen LogP contribution is -2.19. The zero-order valence-corrected chi connectivity index (χ0v) is 35.8. The van der Waals surface area contributed by atoms with Crippen molar-refractivity contribution in [1.29, 1.82) is 0 Å². The van der Waals surface area contributed by atoms with E-state index in [2.05, 4.69) is 118 Å². The second-order valence-corrected chi connectivity index (χ2v) is 17.6. The van der Waals surface area contributed by atoms with Gasteiger partial charge in [-0.1, -0.05) is 209 Å². The van der Waals surface area contributed by atoms with Gasteiger partial charge in [-0.3, -0.25) is 0 Å². The predicted octanol–water partition coefficient (Wildman–Crippen LogP) is 16.1. The van der Waals surface area contributed by atoms with Crippen LogP contribution in [0.1, 0.15) is 213 Å². The third-order valence-corrected chi connectivity index (χ3v) is 13.4. The molecule has 2 heteroatoms. The molecule has 1 fully saturated rings. The minimum absolute atomic E-state index is 0.402. The number of hydrogen-bond acceptors (Lipinski definition) is 2. The molecule has 0 amide bonds. The molecule has 4 N–H and O–H groups in total. The highest BCUT2D eigenvalue weighted by molar-refractivity contribution is 5.45. The quantitative estimate of drug-likeness (QED) is 0.0523. The van der Waals surface area contributed by atoms with Crippen molar-refractivity contribution in [3.63, 3.8) is 0 Å². The van der Waals surface area contributed by atoms with Gasteiger partial charge < -0.3 is 11.5 Å². The van der Waals surface area contributed by atoms with Gasteiger partial charge in [0.15, 0.2) is 0 Å². The Morgan fingerprint density at radius 3 is 1.11 bits per heavy atom. The highest BCUT2D eigenvalue weighted by Gasteiger charge is 2.26. The molecule has 0 heterocycles. The summed E-state index contributed by atoms with van der Waals surface area (Å²) in [5.74, 6) is 2.97. The van der Waals surface area contributed by atoms with Crippen LogP contribution in [0.2, 0.25) is 0 Å². The summed E-state index contributed by atoms with van der Waals surface area (Å²) in [6.45, 7) is 6.93. The van der Waals surface area contributed by atoms with E-state index in [1.54, 1.807) is 0 Å². The molecule has 4 aromatic carbocycles. The molecule has 3 unspecified atom stereocenters. The number of anilines is 2. The van der Waals surface area contributed by atoms with E-state index in [1.165, 1.54) is 175 Å². The minimum Gasteiger partial charge on any atom is -0.399 e. The first-order valence-corrected chi connectivity index (χ1v) is 23.4. The van der Waals surface area contributed by atoms with Crippen molar-refractivity contribution in [2.45, 2.75) is 180 Å². The van der Waals surface area contributed by atoms with Gasteiger partial charge in [-0.2, -0.15) is 0 Å². The van der Waals surface area contributed by atoms with Gasteiger partial charge in [0, 0.05) is 29.1 Å². The Bertz CT molecular complexity index is 1490. The van der Waals surface area contributed by atoms with Gasteiger partial charge in [-0.15, -0.1) is 0 Å². The molecular formula is C54H78N2. The van der Waals surface area contributed by atoms with Crippen LogP contribution in [0.5, 0.6) is 0 Å². The van der Waals surface area contributed by atoms with E-state index in [1.807, 2.05) is 0 Å². The molecule has 56 heavy (non-hydrogen) atoms. The van der Waals surface area contributed by atoms with Crippen LogP contribution in [0.3, 0.4) is 0 Å². The molecule has 1 saturated carbocycles. The molecule has 304 valence electrons. The maximum Gasteiger partial charge on any atom is 0.0314 e. The van der Waals surface area contributed by atoms with Gasteiger partial charge in [0.1, 0.15) is 0 Å². The highest BCUT2D eigenvalue weighted by Crippen LogP contribution is 2.41. The van der Waals surface area contributed by atoms with Gasteiger partial charge >= 0.3 is 0 Å². The Balaban J connectivity index is 1.43. The summed E-state index contributed by atoms with van der Waals surface area (Å²) in [4.78, 5) is 0. The first kappa shape index (κ1) is 43.6. The van der Waals surface area contributed by atoms with Crippen molar-refractivity contribution in [3.05, 3.63) is 130 Å². The number of hydrogen-bond donors (Lipinski definition) is 2. The number of nitrogens with two attached hydrogens (primary N) is 2. The van der Waals surface area contributed by atoms with Crippen LogP contribution in [0.15, 0.2) is 97.1 Å². The Kier molecular flexibility index (Phi) is 18.9. The molecule has 5 rings (SSSR count). The van der Waals surface area contributed by atoms with Gasteiger partial charge in [0.25, 0.3) is 0 Å². The first-order valence-electron chi connectivity index (χ1n) is 23.4. The average molecular weight is 755 g/mol. The third kappa shape index (κ3) is 13.6. The molecule has 3 atom stereocenters. The normalized spacial score (nSPS) is 15.7. The third-order valence-electron chi connectivity index (χ3n) is 13.4. The van der Waals surface area contributed by atoms with Crippen LogP contribution < -0.4 is 11.5 Å². The standard InChI is InChI=1S/C54H78N2/c1-4-7-10-11-12-16-21-43(42-19-17-13-18-20-42)36-41-54(46-28-24-44(25-29-46)52(22-14-8-5-2)48-32-37-50(55)38-33-48)47-30-26-45(27-31-47)53(23-15-9-6-3)49-34-39-51(56)40-35-49/h24-35,37-40,42-43,52-54H,4-23,36,41,55-56H2,1-3H3. The van der Waals surface area contributed by atoms with Crippen molar-refractivity contribution in [1.82, 2.24) is 0 Å². The Morgan fingerprint density at radius 1 is 0.375 bits per heavy atom. The Hall–Kier alpha value is -3.52. The van der Waals surface area contributed by atoms with E-state index >= 15 is 0 Å². The second kappa shape index (κ2) is 24.3. The lowest BCUT2D eigenvalue weighted by atomic mass is 9.73. The van der Waals surface area contributed by atoms with E-state index in [0.29, 0.717) is 17.8 Å². The smallest absolute Gasteiger partial charge is 0.0314 e. The van der Waals surface area contributed by atoms with Crippen LogP contribution in [0.25, 0.3) is 0 Å². The lowest BCUT2D eigenvalue weighted by Gasteiger charge is -2.32. The maximum absolute atomic E-state index is 6.13. The molecule has 0 saturated heterocycles. The topological polar surface area (TPSA) is 52.0 Å². The zero-order chi connectivity index (χ0) is 39.4. The summed E-state index contributed by atoms with van der Waals surface area (Å²) in [6, 6.07) is 37.1. The molecule has 0 aliphatic heterocycles. The Labute approximate surface area is 343 Å². The molecule has 2 nitrogen and oxygen atoms in total. The van der Waals surface area contributed by atoms with E-state index in [0.717, 1.165) is 23.2 Å². The van der Waals surface area contributed by atoms with Gasteiger partial charge in [0.05, 0.1) is 0 Å². The van der Waals surface area contributed by atoms with Crippen LogP contribution in [-0.4, -0.2) is 0 Å². The van der Waals surface area contributed by atoms with E-state index in [-0.39, 0.29) is 0 Å². The lowest BCUT2D eigenvalue weighted by molar-refractivity contribution is 0.214. The Morgan fingerprint density at radius 2 is 0.696 bits per heavy atom. The summed E-state index contributed by atoms with van der Waals surface area (Å²) in [7, 11) is 0. The summed E-state index contributed by atoms with van der Waals surface area (Å²) in [6.07, 6.45) is 29.5. The van der Waals surface area contributed by atoms with Crippen molar-refractivity contribution < 1.29 is 0 Å². The van der Waals surface area contributed by atoms with Crippen LogP contribution in [0, 0.1) is 11.8 Å². The summed E-state index contributed by atoms with van der Waals surface area (Å²) in [5.41, 5.74) is 22.5. The van der Waals surface area contributed by atoms with Crippen molar-refractivity contribution in [2.24, 2.45) is 11.8 Å². The average Bonchev–Trinajstić information content (AvgIpc) is 3.23. The molecule has 0 radical (unpaired) electrons. The summed E-state index contributed by atoms with van der Waals surface area (Å²) in [5, 5.41) is 0. The molecule has 1 aliphatic carbocycles. The summed E-state index contributed by atoms with van der Waals surface area (Å²) >= 11 is 0. The molecule has 0 aromatic heterocycles. The fourth-order valence-corrected chi connectivity index (χ4v) is 9.94. The monoisotopic (exact) mass is 755 g/mol. The molecular weight excluding hydrogens is 677 g/mol. The maximum atomic E-state index is 6.13. The van der Waals surface area contributed by atoms with Crippen LogP contribution in [-0.2, 0) is 0 Å². The summed E-state index contributed by atoms with van der Waals surface area (Å²) < 4.78 is 0. The zero-order valence-electron chi connectivity index (χ0n) is 35.8. The van der Waals surface area contributed by atoms with Crippen molar-refractivity contribution >= 4 is 11.4 Å². The van der Waals surface area contributed by atoms with E-state index < -0.39 is 0 Å². The first-order chi connectivity index (χ1) is 27.5. The van der Waals surface area contributed by atoms with Gasteiger partial charge in [0.2, 0.25) is 0 Å². The van der Waals surface area contributed by atoms with Crippen molar-refractivity contribution in [2.75, 3.05) is 11.5 Å². The van der Waals surface area contributed by atoms with E-state index in [4.69, 9.17) is 11.5 Å². The van der Waals surface area contributed by atoms with Gasteiger partial charge in [-0.25, -0.2) is 0 Å². The SMILES string of the molecule is CCCCCCCCC(CCC(c1ccc(C(CCCCC)c2ccc(N)cc2)cc1)c1ccc(C(CCCCC)c2ccc(N)cc2)cc1)C1CCCCC1. The van der Waals surface area contributed by atoms with Gasteiger partial charge in [-0.05, 0) is 95.2 Å². The fraction of sp³-hybridized carbons (Fsp3) is 0.556. The number of nitrogen functional groups attached to an aromatic ring is 2. The van der Waals surface area contributed by atoms with Crippen molar-refractivity contribution in [3.8, 4) is 0 Å². The van der Waals surface area contributed by atoms with E-state index in [9.17, 15) is 0 Å².